The van der Waals surface area contributed by atoms with Crippen molar-refractivity contribution in [2.75, 3.05) is 5.32 Å². The number of hydrogen-bond donors (Lipinski definition) is 3. The molecule has 1 aromatic heterocycles. The lowest BCUT2D eigenvalue weighted by Gasteiger charge is -2.09. The summed E-state index contributed by atoms with van der Waals surface area (Å²) in [6, 6.07) is 7.22. The normalized spacial score (nSPS) is 10.1. The highest BCUT2D eigenvalue weighted by Gasteiger charge is 2.18. The summed E-state index contributed by atoms with van der Waals surface area (Å²) in [6.45, 7) is 1.71. The highest BCUT2D eigenvalue weighted by Crippen LogP contribution is 2.21. The Kier molecular flexibility index (Phi) is 3.65. The van der Waals surface area contributed by atoms with E-state index in [2.05, 4.69) is 10.3 Å². The Hall–Kier alpha value is -2.89. The number of aromatic carboxylic acids is 1. The number of aromatic nitrogens is 1. The molecule has 0 aliphatic heterocycles. The number of anilines is 1. The van der Waals surface area contributed by atoms with Gasteiger partial charge in [-0.2, -0.15) is 0 Å². The van der Waals surface area contributed by atoms with Crippen LogP contribution in [-0.4, -0.2) is 27.1 Å². The Morgan fingerprint density at radius 2 is 2.00 bits per heavy atom. The van der Waals surface area contributed by atoms with Crippen LogP contribution in [0.25, 0.3) is 0 Å². The van der Waals surface area contributed by atoms with Crippen molar-refractivity contribution in [2.45, 2.75) is 6.92 Å². The lowest BCUT2D eigenvalue weighted by molar-refractivity contribution is 0.0691. The molecule has 20 heavy (non-hydrogen) atoms. The van der Waals surface area contributed by atoms with Crippen molar-refractivity contribution in [3.05, 3.63) is 53.3 Å². The van der Waals surface area contributed by atoms with Crippen molar-refractivity contribution in [3.63, 3.8) is 0 Å². The van der Waals surface area contributed by atoms with Gasteiger partial charge in [-0.25, -0.2) is 4.79 Å². The van der Waals surface area contributed by atoms with Crippen LogP contribution in [0.3, 0.4) is 0 Å². The summed E-state index contributed by atoms with van der Waals surface area (Å²) in [5.41, 5.74) is 0.815. The lowest BCUT2D eigenvalue weighted by Crippen LogP contribution is -2.18. The number of rotatable bonds is 3. The zero-order valence-electron chi connectivity index (χ0n) is 10.6. The summed E-state index contributed by atoms with van der Waals surface area (Å²) in [5.74, 6) is -1.74. The van der Waals surface area contributed by atoms with Gasteiger partial charge in [-0.15, -0.1) is 0 Å². The summed E-state index contributed by atoms with van der Waals surface area (Å²) in [6.07, 6.45) is 1.35. The van der Waals surface area contributed by atoms with Gasteiger partial charge in [0.2, 0.25) is 0 Å². The number of carboxylic acids is 1. The van der Waals surface area contributed by atoms with Gasteiger partial charge in [0.15, 0.2) is 0 Å². The summed E-state index contributed by atoms with van der Waals surface area (Å²) in [5, 5.41) is 20.9. The van der Waals surface area contributed by atoms with E-state index in [1.165, 1.54) is 36.5 Å². The van der Waals surface area contributed by atoms with E-state index in [-0.39, 0.29) is 17.0 Å². The molecule has 0 bridgehead atoms. The molecule has 0 atom stereocenters. The van der Waals surface area contributed by atoms with Crippen molar-refractivity contribution >= 4 is 17.6 Å². The average Bonchev–Trinajstić information content (AvgIpc) is 2.41. The predicted molar refractivity (Wildman–Crippen MR) is 72.0 cm³/mol. The maximum atomic E-state index is 12.1. The largest absolute Gasteiger partial charge is 0.508 e. The minimum Gasteiger partial charge on any atom is -0.508 e. The quantitative estimate of drug-likeness (QED) is 0.742. The first kappa shape index (κ1) is 13.5. The van der Waals surface area contributed by atoms with Crippen molar-refractivity contribution < 1.29 is 19.8 Å². The molecule has 1 heterocycles. The molecular formula is C14H12N2O4. The van der Waals surface area contributed by atoms with Crippen LogP contribution in [0, 0.1) is 6.92 Å². The summed E-state index contributed by atoms with van der Waals surface area (Å²) in [7, 11) is 0. The Bertz CT molecular complexity index is 683. The third kappa shape index (κ3) is 2.74. The maximum absolute atomic E-state index is 12.1. The number of carboxylic acid groups (broad SMARTS) is 1. The number of nitrogens with one attached hydrogen (secondary N) is 1. The van der Waals surface area contributed by atoms with E-state index in [0.29, 0.717) is 11.3 Å². The van der Waals surface area contributed by atoms with Crippen LogP contribution in [0.5, 0.6) is 5.75 Å². The number of carbonyl (C=O) groups excluding carboxylic acids is 1. The van der Waals surface area contributed by atoms with Gasteiger partial charge in [-0.3, -0.25) is 9.78 Å². The van der Waals surface area contributed by atoms with Crippen LogP contribution in [0.2, 0.25) is 0 Å². The molecule has 0 aliphatic rings. The standard InChI is InChI=1S/C14H12N2O4/c1-8-7-9(17)4-5-11(8)16-13(18)12-10(14(19)20)3-2-6-15-12/h2-7,17H,1H3,(H,16,18)(H,19,20). The van der Waals surface area contributed by atoms with E-state index in [4.69, 9.17) is 5.11 Å². The van der Waals surface area contributed by atoms with Crippen LogP contribution >= 0.6 is 0 Å². The molecule has 3 N–H and O–H groups in total. The molecule has 1 amide bonds. The van der Waals surface area contributed by atoms with Crippen LogP contribution in [-0.2, 0) is 0 Å². The van der Waals surface area contributed by atoms with Crippen molar-refractivity contribution in [2.24, 2.45) is 0 Å². The molecule has 0 spiro atoms. The van der Waals surface area contributed by atoms with Crippen LogP contribution in [0.4, 0.5) is 5.69 Å². The number of amides is 1. The number of phenolic OH excluding ortho intramolecular Hbond substituents is 1. The maximum Gasteiger partial charge on any atom is 0.338 e. The van der Waals surface area contributed by atoms with Gasteiger partial charge < -0.3 is 15.5 Å². The van der Waals surface area contributed by atoms with Crippen LogP contribution in [0.1, 0.15) is 26.4 Å². The number of phenols is 1. The second-order valence-corrected chi connectivity index (χ2v) is 4.16. The van der Waals surface area contributed by atoms with E-state index in [1.807, 2.05) is 0 Å². The third-order valence-electron chi connectivity index (χ3n) is 2.71. The van der Waals surface area contributed by atoms with Gasteiger partial charge in [0.05, 0.1) is 5.56 Å². The number of pyridine rings is 1. The Morgan fingerprint density at radius 3 is 2.65 bits per heavy atom. The average molecular weight is 272 g/mol. The van der Waals surface area contributed by atoms with Gasteiger partial charge in [-0.05, 0) is 42.8 Å². The minimum atomic E-state index is -1.22. The zero-order chi connectivity index (χ0) is 14.7. The first-order valence-corrected chi connectivity index (χ1v) is 5.78. The van der Waals surface area contributed by atoms with Crippen LogP contribution < -0.4 is 5.32 Å². The number of hydrogen-bond acceptors (Lipinski definition) is 4. The molecule has 6 heteroatoms. The molecular weight excluding hydrogens is 260 g/mol. The molecule has 0 saturated heterocycles. The third-order valence-corrected chi connectivity index (χ3v) is 2.71. The van der Waals surface area contributed by atoms with Crippen LogP contribution in [0.15, 0.2) is 36.5 Å². The number of aryl methyl sites for hydroxylation is 1. The fourth-order valence-corrected chi connectivity index (χ4v) is 1.73. The first-order valence-electron chi connectivity index (χ1n) is 5.78. The van der Waals surface area contributed by atoms with Gasteiger partial charge in [0, 0.05) is 11.9 Å². The molecule has 2 rings (SSSR count). The summed E-state index contributed by atoms with van der Waals surface area (Å²) >= 11 is 0. The van der Waals surface area contributed by atoms with Gasteiger partial charge >= 0.3 is 5.97 Å². The molecule has 0 unspecified atom stereocenters. The number of carbonyl (C=O) groups is 2. The summed E-state index contributed by atoms with van der Waals surface area (Å²) < 4.78 is 0. The molecule has 0 fully saturated rings. The number of nitrogens with zero attached hydrogens (tertiary/aromatic N) is 1. The Balaban J connectivity index is 2.31. The van der Waals surface area contributed by atoms with Gasteiger partial charge in [-0.1, -0.05) is 0 Å². The zero-order valence-corrected chi connectivity index (χ0v) is 10.6. The molecule has 102 valence electrons. The predicted octanol–water partition coefficient (Wildman–Crippen LogP) is 2.05. The molecule has 2 aromatic rings. The molecule has 0 radical (unpaired) electrons. The Morgan fingerprint density at radius 1 is 1.25 bits per heavy atom. The SMILES string of the molecule is Cc1cc(O)ccc1NC(=O)c1ncccc1C(=O)O. The van der Waals surface area contributed by atoms with Crippen molar-refractivity contribution in [3.8, 4) is 5.75 Å². The van der Waals surface area contributed by atoms with E-state index in [0.717, 1.165) is 0 Å². The highest BCUT2D eigenvalue weighted by molar-refractivity contribution is 6.09. The minimum absolute atomic E-state index is 0.0876. The second kappa shape index (κ2) is 5.40. The number of aromatic hydroxyl groups is 1. The van der Waals surface area contributed by atoms with E-state index in [1.54, 1.807) is 6.92 Å². The van der Waals surface area contributed by atoms with Crippen molar-refractivity contribution in [1.82, 2.24) is 4.98 Å². The van der Waals surface area contributed by atoms with Crippen molar-refractivity contribution in [1.29, 1.82) is 0 Å². The van der Waals surface area contributed by atoms with Gasteiger partial charge in [0.25, 0.3) is 5.91 Å². The Labute approximate surface area is 114 Å². The molecule has 1 aromatic carbocycles. The smallest absolute Gasteiger partial charge is 0.338 e. The molecule has 6 nitrogen and oxygen atoms in total. The molecule has 0 aliphatic carbocycles. The fourth-order valence-electron chi connectivity index (χ4n) is 1.73. The fraction of sp³-hybridized carbons (Fsp3) is 0.0714. The lowest BCUT2D eigenvalue weighted by atomic mass is 10.1. The second-order valence-electron chi connectivity index (χ2n) is 4.16. The first-order chi connectivity index (χ1) is 9.49. The highest BCUT2D eigenvalue weighted by atomic mass is 16.4. The monoisotopic (exact) mass is 272 g/mol. The summed E-state index contributed by atoms with van der Waals surface area (Å²) in [4.78, 5) is 26.9. The number of benzene rings is 1. The molecule has 0 saturated carbocycles. The van der Waals surface area contributed by atoms with E-state index >= 15 is 0 Å². The topological polar surface area (TPSA) is 99.5 Å². The van der Waals surface area contributed by atoms with E-state index in [9.17, 15) is 14.7 Å². The van der Waals surface area contributed by atoms with E-state index < -0.39 is 11.9 Å². The van der Waals surface area contributed by atoms with Gasteiger partial charge in [0.1, 0.15) is 11.4 Å².